The molecule has 128 valence electrons. The van der Waals surface area contributed by atoms with Gasteiger partial charge in [-0.15, -0.1) is 0 Å². The molecule has 1 aliphatic rings. The van der Waals surface area contributed by atoms with Crippen LogP contribution in [0.1, 0.15) is 51.6 Å². The van der Waals surface area contributed by atoms with Gasteiger partial charge in [0.1, 0.15) is 0 Å². The molecule has 2 N–H and O–H groups in total. The van der Waals surface area contributed by atoms with Gasteiger partial charge in [-0.2, -0.15) is 0 Å². The molecule has 1 aromatic carbocycles. The number of guanidine groups is 1. The zero-order valence-electron chi connectivity index (χ0n) is 15.1. The summed E-state index contributed by atoms with van der Waals surface area (Å²) in [5.74, 6) is 0.867. The highest BCUT2D eigenvalue weighted by molar-refractivity contribution is 5.80. The van der Waals surface area contributed by atoms with E-state index in [1.165, 1.54) is 37.9 Å². The van der Waals surface area contributed by atoms with Gasteiger partial charge in [0, 0.05) is 19.1 Å². The molecule has 0 amide bonds. The summed E-state index contributed by atoms with van der Waals surface area (Å²) in [6.07, 6.45) is 4.01. The van der Waals surface area contributed by atoms with Crippen LogP contribution >= 0.6 is 0 Å². The molecule has 1 atom stereocenters. The van der Waals surface area contributed by atoms with Gasteiger partial charge in [0.05, 0.1) is 6.04 Å². The minimum Gasteiger partial charge on any atom is -0.355 e. The number of aliphatic imine (C=N–C) groups is 1. The number of piperidine rings is 1. The van der Waals surface area contributed by atoms with E-state index in [-0.39, 0.29) is 11.6 Å². The van der Waals surface area contributed by atoms with Gasteiger partial charge in [0.25, 0.3) is 0 Å². The molecular weight excluding hydrogens is 284 g/mol. The molecule has 4 nitrogen and oxygen atoms in total. The summed E-state index contributed by atoms with van der Waals surface area (Å²) in [6, 6.07) is 10.7. The minimum atomic E-state index is 0.147. The molecule has 1 fully saturated rings. The van der Waals surface area contributed by atoms with Crippen LogP contribution in [0.25, 0.3) is 0 Å². The van der Waals surface area contributed by atoms with Crippen LogP contribution in [0.15, 0.2) is 35.3 Å². The number of hydrogen-bond acceptors (Lipinski definition) is 2. The van der Waals surface area contributed by atoms with Crippen molar-refractivity contribution in [2.45, 2.75) is 51.6 Å². The van der Waals surface area contributed by atoms with Gasteiger partial charge in [0.2, 0.25) is 0 Å². The smallest absolute Gasteiger partial charge is 0.191 e. The summed E-state index contributed by atoms with van der Waals surface area (Å²) in [7, 11) is 1.83. The average Bonchev–Trinajstić information content (AvgIpc) is 2.60. The monoisotopic (exact) mass is 316 g/mol. The third-order valence-corrected chi connectivity index (χ3v) is 4.78. The second-order valence-corrected chi connectivity index (χ2v) is 7.06. The summed E-state index contributed by atoms with van der Waals surface area (Å²) in [6.45, 7) is 10.1. The molecule has 1 aromatic rings. The zero-order valence-corrected chi connectivity index (χ0v) is 15.1. The highest BCUT2D eigenvalue weighted by atomic mass is 15.2. The lowest BCUT2D eigenvalue weighted by molar-refractivity contribution is 0.0982. The predicted octanol–water partition coefficient (Wildman–Crippen LogP) is 3.18. The number of nitrogens with zero attached hydrogens (tertiary/aromatic N) is 2. The standard InChI is InChI=1S/C19H32N4/c1-16(17-11-7-5-8-12-17)22-18(20-4)21-15-19(2,3)23-13-9-6-10-14-23/h5,7-8,11-12,16H,6,9-10,13-15H2,1-4H3,(H2,20,21,22). The summed E-state index contributed by atoms with van der Waals surface area (Å²) in [5, 5.41) is 6.98. The van der Waals surface area contributed by atoms with E-state index >= 15 is 0 Å². The fourth-order valence-electron chi connectivity index (χ4n) is 3.14. The van der Waals surface area contributed by atoms with Crippen LogP contribution in [0.4, 0.5) is 0 Å². The molecule has 23 heavy (non-hydrogen) atoms. The Morgan fingerprint density at radius 2 is 1.83 bits per heavy atom. The summed E-state index contributed by atoms with van der Waals surface area (Å²) in [4.78, 5) is 6.97. The van der Waals surface area contributed by atoms with E-state index in [1.54, 1.807) is 0 Å². The Labute approximate surface area is 141 Å². The molecule has 0 saturated carbocycles. The molecule has 0 radical (unpaired) electrons. The maximum absolute atomic E-state index is 4.38. The van der Waals surface area contributed by atoms with Gasteiger partial charge in [-0.3, -0.25) is 9.89 Å². The quantitative estimate of drug-likeness (QED) is 0.647. The van der Waals surface area contributed by atoms with Gasteiger partial charge in [-0.05, 0) is 52.3 Å². The van der Waals surface area contributed by atoms with Crippen molar-refractivity contribution < 1.29 is 0 Å². The van der Waals surface area contributed by atoms with Crippen molar-refractivity contribution in [3.63, 3.8) is 0 Å². The molecule has 2 rings (SSSR count). The van der Waals surface area contributed by atoms with E-state index in [0.717, 1.165) is 12.5 Å². The van der Waals surface area contributed by atoms with Gasteiger partial charge in [0.15, 0.2) is 5.96 Å². The molecule has 0 aromatic heterocycles. The topological polar surface area (TPSA) is 39.7 Å². The van der Waals surface area contributed by atoms with Gasteiger partial charge in [-0.1, -0.05) is 36.8 Å². The Bertz CT molecular complexity index is 489. The molecule has 1 saturated heterocycles. The van der Waals surface area contributed by atoms with Crippen molar-refractivity contribution in [2.75, 3.05) is 26.7 Å². The van der Waals surface area contributed by atoms with E-state index in [9.17, 15) is 0 Å². The lowest BCUT2D eigenvalue weighted by Gasteiger charge is -2.41. The largest absolute Gasteiger partial charge is 0.355 e. The molecule has 1 aliphatic heterocycles. The van der Waals surface area contributed by atoms with Gasteiger partial charge in [-0.25, -0.2) is 0 Å². The van der Waals surface area contributed by atoms with Crippen molar-refractivity contribution in [1.29, 1.82) is 0 Å². The molecule has 1 heterocycles. The normalized spacial score (nSPS) is 18.5. The first-order valence-electron chi connectivity index (χ1n) is 8.80. The van der Waals surface area contributed by atoms with Crippen molar-refractivity contribution >= 4 is 5.96 Å². The van der Waals surface area contributed by atoms with E-state index in [1.807, 2.05) is 13.1 Å². The fourth-order valence-corrected chi connectivity index (χ4v) is 3.14. The number of hydrogen-bond donors (Lipinski definition) is 2. The maximum Gasteiger partial charge on any atom is 0.191 e. The molecule has 1 unspecified atom stereocenters. The highest BCUT2D eigenvalue weighted by Crippen LogP contribution is 2.19. The molecule has 4 heteroatoms. The van der Waals surface area contributed by atoms with Crippen LogP contribution in [0.2, 0.25) is 0 Å². The lowest BCUT2D eigenvalue weighted by atomic mass is 9.98. The van der Waals surface area contributed by atoms with Crippen molar-refractivity contribution in [3.8, 4) is 0 Å². The first kappa shape index (κ1) is 17.8. The van der Waals surface area contributed by atoms with E-state index in [4.69, 9.17) is 0 Å². The molecule has 0 bridgehead atoms. The Balaban J connectivity index is 1.87. The first-order valence-corrected chi connectivity index (χ1v) is 8.80. The Kier molecular flexibility index (Phi) is 6.46. The van der Waals surface area contributed by atoms with Crippen LogP contribution in [0.5, 0.6) is 0 Å². The van der Waals surface area contributed by atoms with E-state index in [0.29, 0.717) is 0 Å². The van der Waals surface area contributed by atoms with Crippen molar-refractivity contribution in [1.82, 2.24) is 15.5 Å². The Hall–Kier alpha value is -1.55. The van der Waals surface area contributed by atoms with Gasteiger partial charge >= 0.3 is 0 Å². The number of likely N-dealkylation sites (tertiary alicyclic amines) is 1. The van der Waals surface area contributed by atoms with Crippen molar-refractivity contribution in [2.24, 2.45) is 4.99 Å². The summed E-state index contributed by atoms with van der Waals surface area (Å²) < 4.78 is 0. The zero-order chi connectivity index (χ0) is 16.7. The van der Waals surface area contributed by atoms with E-state index in [2.05, 4.69) is 65.6 Å². The van der Waals surface area contributed by atoms with E-state index < -0.39 is 0 Å². The SMILES string of the molecule is CN=C(NCC(C)(C)N1CCCCC1)NC(C)c1ccccc1. The first-order chi connectivity index (χ1) is 11.0. The van der Waals surface area contributed by atoms with Crippen LogP contribution in [-0.4, -0.2) is 43.1 Å². The number of benzene rings is 1. The second-order valence-electron chi connectivity index (χ2n) is 7.06. The summed E-state index contributed by atoms with van der Waals surface area (Å²) in [5.41, 5.74) is 1.42. The van der Waals surface area contributed by atoms with Crippen LogP contribution in [-0.2, 0) is 0 Å². The van der Waals surface area contributed by atoms with Crippen molar-refractivity contribution in [3.05, 3.63) is 35.9 Å². The van der Waals surface area contributed by atoms with Crippen LogP contribution in [0.3, 0.4) is 0 Å². The number of nitrogens with one attached hydrogen (secondary N) is 2. The molecule has 0 aliphatic carbocycles. The fraction of sp³-hybridized carbons (Fsp3) is 0.632. The molecular formula is C19H32N4. The predicted molar refractivity (Wildman–Crippen MR) is 98.9 cm³/mol. The third-order valence-electron chi connectivity index (χ3n) is 4.78. The third kappa shape index (κ3) is 5.24. The lowest BCUT2D eigenvalue weighted by Crippen LogP contribution is -2.55. The number of rotatable bonds is 5. The Morgan fingerprint density at radius 1 is 1.17 bits per heavy atom. The van der Waals surface area contributed by atoms with Gasteiger partial charge < -0.3 is 10.6 Å². The van der Waals surface area contributed by atoms with Crippen LogP contribution in [0, 0.1) is 0 Å². The highest BCUT2D eigenvalue weighted by Gasteiger charge is 2.28. The molecule has 0 spiro atoms. The van der Waals surface area contributed by atoms with Crippen LogP contribution < -0.4 is 10.6 Å². The average molecular weight is 316 g/mol. The maximum atomic E-state index is 4.38. The summed E-state index contributed by atoms with van der Waals surface area (Å²) >= 11 is 0. The minimum absolute atomic E-state index is 0.147. The second kappa shape index (κ2) is 8.34. The Morgan fingerprint density at radius 3 is 2.43 bits per heavy atom.